The van der Waals surface area contributed by atoms with E-state index in [1.54, 1.807) is 36.4 Å². The number of anilines is 3. The van der Waals surface area contributed by atoms with Crippen LogP contribution in [-0.4, -0.2) is 39.6 Å². The van der Waals surface area contributed by atoms with Gasteiger partial charge in [0.1, 0.15) is 5.82 Å². The third kappa shape index (κ3) is 5.39. The summed E-state index contributed by atoms with van der Waals surface area (Å²) in [4.78, 5) is 8.07. The van der Waals surface area contributed by atoms with Gasteiger partial charge in [0.15, 0.2) is 0 Å². The van der Waals surface area contributed by atoms with E-state index in [4.69, 9.17) is 11.6 Å². The van der Waals surface area contributed by atoms with Crippen LogP contribution in [0.15, 0.2) is 65.7 Å². The lowest BCUT2D eigenvalue weighted by Gasteiger charge is -2.37. The van der Waals surface area contributed by atoms with Gasteiger partial charge in [-0.15, -0.1) is 0 Å². The third-order valence-electron chi connectivity index (χ3n) is 5.54. The van der Waals surface area contributed by atoms with Gasteiger partial charge in [0, 0.05) is 43.8 Å². The van der Waals surface area contributed by atoms with Crippen LogP contribution in [0.25, 0.3) is 0 Å². The first-order valence-corrected chi connectivity index (χ1v) is 12.3. The maximum absolute atomic E-state index is 12.8. The van der Waals surface area contributed by atoms with Crippen LogP contribution in [-0.2, 0) is 16.2 Å². The molecule has 11 heteroatoms. The van der Waals surface area contributed by atoms with Crippen LogP contribution in [0.3, 0.4) is 0 Å². The number of aryl methyl sites for hydroxylation is 1. The highest BCUT2D eigenvalue weighted by Crippen LogP contribution is 2.34. The Balaban J connectivity index is 1.38. The van der Waals surface area contributed by atoms with E-state index in [0.29, 0.717) is 37.7 Å². The second-order valence-corrected chi connectivity index (χ2v) is 10.1. The van der Waals surface area contributed by atoms with E-state index >= 15 is 0 Å². The number of nitrogens with one attached hydrogen (secondary N) is 1. The predicted molar refractivity (Wildman–Crippen MR) is 127 cm³/mol. The fourth-order valence-corrected chi connectivity index (χ4v) is 5.01. The van der Waals surface area contributed by atoms with Crippen molar-refractivity contribution >= 4 is 38.8 Å². The number of hydrogen-bond donors (Lipinski definition) is 1. The van der Waals surface area contributed by atoms with Gasteiger partial charge in [-0.1, -0.05) is 29.3 Å². The standard InChI is InChI=1S/C23H22ClF3N4O2S/c1-16-2-8-20(9-3-16)34(32,33)29-18-4-6-19(7-5-18)30-10-12-31(13-11-30)22-21(24)14-17(15-28-22)23(25,26)27/h2-9,14-15,29H,10-13H2,1H3. The number of sulfonamides is 1. The van der Waals surface area contributed by atoms with Crippen molar-refractivity contribution in [2.45, 2.75) is 18.0 Å². The third-order valence-corrected chi connectivity index (χ3v) is 7.22. The van der Waals surface area contributed by atoms with Crippen LogP contribution in [0.2, 0.25) is 5.02 Å². The summed E-state index contributed by atoms with van der Waals surface area (Å²) in [6, 6.07) is 14.5. The number of hydrogen-bond acceptors (Lipinski definition) is 5. The SMILES string of the molecule is Cc1ccc(S(=O)(=O)Nc2ccc(N3CCN(c4ncc(C(F)(F)F)cc4Cl)CC3)cc2)cc1. The van der Waals surface area contributed by atoms with Gasteiger partial charge in [0.05, 0.1) is 15.5 Å². The normalized spacial score (nSPS) is 14.9. The molecule has 1 aliphatic rings. The summed E-state index contributed by atoms with van der Waals surface area (Å²) < 4.78 is 66.2. The molecule has 1 aromatic heterocycles. The summed E-state index contributed by atoms with van der Waals surface area (Å²) in [5.41, 5.74) is 1.45. The molecule has 1 saturated heterocycles. The zero-order valence-corrected chi connectivity index (χ0v) is 19.8. The van der Waals surface area contributed by atoms with Gasteiger partial charge in [0.2, 0.25) is 0 Å². The Bertz CT molecular complexity index is 1260. The van der Waals surface area contributed by atoms with Crippen molar-refractivity contribution < 1.29 is 21.6 Å². The molecule has 0 unspecified atom stereocenters. The fourth-order valence-electron chi connectivity index (χ4n) is 3.67. The highest BCUT2D eigenvalue weighted by atomic mass is 35.5. The van der Waals surface area contributed by atoms with Gasteiger partial charge in [-0.25, -0.2) is 13.4 Å². The van der Waals surface area contributed by atoms with Crippen molar-refractivity contribution in [3.8, 4) is 0 Å². The van der Waals surface area contributed by atoms with E-state index in [1.807, 2.05) is 24.0 Å². The van der Waals surface area contributed by atoms with Crippen molar-refractivity contribution in [2.24, 2.45) is 0 Å². The molecule has 1 fully saturated rings. The summed E-state index contributed by atoms with van der Waals surface area (Å²) >= 11 is 6.07. The lowest BCUT2D eigenvalue weighted by molar-refractivity contribution is -0.137. The van der Waals surface area contributed by atoms with Crippen LogP contribution < -0.4 is 14.5 Å². The number of benzene rings is 2. The fraction of sp³-hybridized carbons (Fsp3) is 0.261. The molecule has 1 aliphatic heterocycles. The largest absolute Gasteiger partial charge is 0.417 e. The van der Waals surface area contributed by atoms with Crippen molar-refractivity contribution in [3.05, 3.63) is 76.9 Å². The van der Waals surface area contributed by atoms with E-state index < -0.39 is 21.8 Å². The molecule has 0 bridgehead atoms. The van der Waals surface area contributed by atoms with Gasteiger partial charge in [-0.3, -0.25) is 4.72 Å². The monoisotopic (exact) mass is 510 g/mol. The van der Waals surface area contributed by atoms with Crippen LogP contribution in [0.1, 0.15) is 11.1 Å². The summed E-state index contributed by atoms with van der Waals surface area (Å²) in [5.74, 6) is 0.329. The molecule has 0 spiro atoms. The van der Waals surface area contributed by atoms with Crippen molar-refractivity contribution in [3.63, 3.8) is 0 Å². The first-order chi connectivity index (χ1) is 16.0. The highest BCUT2D eigenvalue weighted by molar-refractivity contribution is 7.92. The average Bonchev–Trinajstić information content (AvgIpc) is 2.79. The first-order valence-electron chi connectivity index (χ1n) is 10.5. The Morgan fingerprint density at radius 1 is 0.941 bits per heavy atom. The molecule has 0 saturated carbocycles. The maximum atomic E-state index is 12.8. The molecule has 0 radical (unpaired) electrons. The summed E-state index contributed by atoms with van der Waals surface area (Å²) in [6.07, 6.45) is -3.70. The molecule has 4 rings (SSSR count). The Morgan fingerprint density at radius 2 is 1.53 bits per heavy atom. The number of pyridine rings is 1. The van der Waals surface area contributed by atoms with Gasteiger partial charge in [-0.05, 0) is 49.4 Å². The number of rotatable bonds is 5. The van der Waals surface area contributed by atoms with Gasteiger partial charge >= 0.3 is 6.18 Å². The molecular formula is C23H22ClF3N4O2S. The molecule has 6 nitrogen and oxygen atoms in total. The Labute approximate surface area is 201 Å². The maximum Gasteiger partial charge on any atom is 0.417 e. The zero-order valence-electron chi connectivity index (χ0n) is 18.2. The lowest BCUT2D eigenvalue weighted by atomic mass is 10.2. The molecule has 0 atom stereocenters. The van der Waals surface area contributed by atoms with Crippen molar-refractivity contribution in [2.75, 3.05) is 40.7 Å². The summed E-state index contributed by atoms with van der Waals surface area (Å²) in [5, 5.41) is -0.0338. The molecule has 2 aromatic carbocycles. The molecular weight excluding hydrogens is 489 g/mol. The number of alkyl halides is 3. The minimum absolute atomic E-state index is 0.0338. The number of nitrogens with zero attached hydrogens (tertiary/aromatic N) is 3. The van der Waals surface area contributed by atoms with E-state index in [-0.39, 0.29) is 9.92 Å². The topological polar surface area (TPSA) is 65.5 Å². The van der Waals surface area contributed by atoms with Crippen LogP contribution in [0.5, 0.6) is 0 Å². The van der Waals surface area contributed by atoms with Crippen LogP contribution in [0.4, 0.5) is 30.4 Å². The van der Waals surface area contributed by atoms with Crippen LogP contribution in [0, 0.1) is 6.92 Å². The van der Waals surface area contributed by atoms with Gasteiger partial charge < -0.3 is 9.80 Å². The van der Waals surface area contributed by atoms with Crippen LogP contribution >= 0.6 is 11.6 Å². The quantitative estimate of drug-likeness (QED) is 0.512. The second kappa shape index (κ2) is 9.34. The minimum Gasteiger partial charge on any atom is -0.368 e. The number of aromatic nitrogens is 1. The number of halogens is 4. The molecule has 1 N–H and O–H groups in total. The molecule has 3 aromatic rings. The Hall–Kier alpha value is -2.98. The molecule has 180 valence electrons. The van der Waals surface area contributed by atoms with Gasteiger partial charge in [-0.2, -0.15) is 13.2 Å². The molecule has 0 amide bonds. The van der Waals surface area contributed by atoms with E-state index in [1.165, 1.54) is 0 Å². The summed E-state index contributed by atoms with van der Waals surface area (Å²) in [7, 11) is -3.68. The lowest BCUT2D eigenvalue weighted by Crippen LogP contribution is -2.47. The van der Waals surface area contributed by atoms with E-state index in [0.717, 1.165) is 23.5 Å². The van der Waals surface area contributed by atoms with Crippen molar-refractivity contribution in [1.29, 1.82) is 0 Å². The molecule has 0 aliphatic carbocycles. The van der Waals surface area contributed by atoms with Gasteiger partial charge in [0.25, 0.3) is 10.0 Å². The summed E-state index contributed by atoms with van der Waals surface area (Å²) in [6.45, 7) is 4.15. The Kier molecular flexibility index (Phi) is 6.64. The van der Waals surface area contributed by atoms with E-state index in [2.05, 4.69) is 14.6 Å². The minimum atomic E-state index is -4.49. The molecule has 34 heavy (non-hydrogen) atoms. The second-order valence-electron chi connectivity index (χ2n) is 7.97. The predicted octanol–water partition coefficient (Wildman–Crippen LogP) is 5.19. The van der Waals surface area contributed by atoms with Crippen molar-refractivity contribution in [1.82, 2.24) is 4.98 Å². The Morgan fingerprint density at radius 3 is 2.09 bits per heavy atom. The zero-order chi connectivity index (χ0) is 24.5. The average molecular weight is 511 g/mol. The van der Waals surface area contributed by atoms with E-state index in [9.17, 15) is 21.6 Å². The smallest absolute Gasteiger partial charge is 0.368 e. The number of piperazine rings is 1. The first kappa shape index (κ1) is 24.2. The highest BCUT2D eigenvalue weighted by Gasteiger charge is 2.32. The molecule has 2 heterocycles.